The van der Waals surface area contributed by atoms with Gasteiger partial charge in [0.1, 0.15) is 0 Å². The molecule has 3 rings (SSSR count). The number of pyridine rings is 1. The molecule has 0 aliphatic heterocycles. The molecule has 0 aliphatic rings. The van der Waals surface area contributed by atoms with E-state index >= 15 is 0 Å². The molecule has 1 aromatic carbocycles. The molecule has 0 spiro atoms. The first-order valence-electron chi connectivity index (χ1n) is 6.73. The molecule has 2 aromatic heterocycles. The molecule has 22 heavy (non-hydrogen) atoms. The number of benzene rings is 1. The summed E-state index contributed by atoms with van der Waals surface area (Å²) in [6.07, 6.45) is 5.31. The van der Waals surface area contributed by atoms with Gasteiger partial charge in [0.2, 0.25) is 0 Å². The summed E-state index contributed by atoms with van der Waals surface area (Å²) in [6, 6.07) is 8.14. The van der Waals surface area contributed by atoms with Crippen LogP contribution in [-0.4, -0.2) is 20.8 Å². The molecule has 0 aliphatic carbocycles. The molecule has 2 heterocycles. The molecule has 0 amide bonds. The minimum Gasteiger partial charge on any atom is -0.309 e. The lowest BCUT2D eigenvalue weighted by molar-refractivity contribution is 0.762. The van der Waals surface area contributed by atoms with Gasteiger partial charge in [0.25, 0.3) is 5.56 Å². The van der Waals surface area contributed by atoms with E-state index in [2.05, 4.69) is 32.0 Å². The van der Waals surface area contributed by atoms with Gasteiger partial charge in [-0.15, -0.1) is 0 Å². The van der Waals surface area contributed by atoms with Gasteiger partial charge in [-0.2, -0.15) is 0 Å². The molecule has 0 saturated carbocycles. The summed E-state index contributed by atoms with van der Waals surface area (Å²) in [5.41, 5.74) is 2.85. The predicted molar refractivity (Wildman–Crippen MR) is 93.6 cm³/mol. The van der Waals surface area contributed by atoms with Gasteiger partial charge in [-0.3, -0.25) is 4.79 Å². The van der Waals surface area contributed by atoms with E-state index in [0.29, 0.717) is 22.6 Å². The molecule has 0 atom stereocenters. The maximum atomic E-state index is 12.6. The number of thioether (sulfide) groups is 1. The SMILES string of the molecule is CSc1ncc2c(=O)n(Cc3cccc(C)c3)cc(Br)c2n1. The molecule has 0 bridgehead atoms. The van der Waals surface area contributed by atoms with Crippen LogP contribution in [0.5, 0.6) is 0 Å². The Morgan fingerprint density at radius 1 is 1.36 bits per heavy atom. The topological polar surface area (TPSA) is 47.8 Å². The summed E-state index contributed by atoms with van der Waals surface area (Å²) in [5.74, 6) is 0. The highest BCUT2D eigenvalue weighted by Crippen LogP contribution is 2.21. The van der Waals surface area contributed by atoms with E-state index in [-0.39, 0.29) is 5.56 Å². The highest BCUT2D eigenvalue weighted by molar-refractivity contribution is 9.10. The highest BCUT2D eigenvalue weighted by atomic mass is 79.9. The van der Waals surface area contributed by atoms with Crippen LogP contribution < -0.4 is 5.56 Å². The van der Waals surface area contributed by atoms with Gasteiger partial charge in [-0.25, -0.2) is 9.97 Å². The Labute approximate surface area is 140 Å². The molecule has 112 valence electrons. The number of rotatable bonds is 3. The Morgan fingerprint density at radius 2 is 2.18 bits per heavy atom. The third-order valence-electron chi connectivity index (χ3n) is 3.37. The smallest absolute Gasteiger partial charge is 0.261 e. The summed E-state index contributed by atoms with van der Waals surface area (Å²) in [5, 5.41) is 1.18. The van der Waals surface area contributed by atoms with Gasteiger partial charge < -0.3 is 4.57 Å². The van der Waals surface area contributed by atoms with Crippen molar-refractivity contribution in [2.75, 3.05) is 6.26 Å². The average molecular weight is 376 g/mol. The number of nitrogens with zero attached hydrogens (tertiary/aromatic N) is 3. The number of halogens is 1. The second kappa shape index (κ2) is 6.22. The third-order valence-corrected chi connectivity index (χ3v) is 4.51. The lowest BCUT2D eigenvalue weighted by atomic mass is 10.1. The fourth-order valence-electron chi connectivity index (χ4n) is 2.34. The van der Waals surface area contributed by atoms with Gasteiger partial charge >= 0.3 is 0 Å². The Kier molecular flexibility index (Phi) is 4.31. The third kappa shape index (κ3) is 2.94. The van der Waals surface area contributed by atoms with Crippen LogP contribution in [0.3, 0.4) is 0 Å². The Hall–Kier alpha value is -1.66. The first-order valence-corrected chi connectivity index (χ1v) is 8.75. The number of hydrogen-bond acceptors (Lipinski definition) is 4. The molecular formula is C16H14BrN3OS. The molecule has 0 unspecified atom stereocenters. The van der Waals surface area contributed by atoms with Gasteiger partial charge in [-0.1, -0.05) is 41.6 Å². The van der Waals surface area contributed by atoms with Gasteiger partial charge in [0.05, 0.1) is 21.9 Å². The summed E-state index contributed by atoms with van der Waals surface area (Å²) < 4.78 is 2.48. The standard InChI is InChI=1S/C16H14BrN3OS/c1-10-4-3-5-11(6-10)8-20-9-13(17)14-12(15(20)21)7-18-16(19-14)22-2/h3-7,9H,8H2,1-2H3. The second-order valence-electron chi connectivity index (χ2n) is 5.02. The zero-order chi connectivity index (χ0) is 15.7. The minimum atomic E-state index is -0.0765. The molecule has 6 heteroatoms. The first kappa shape index (κ1) is 15.2. The normalized spacial score (nSPS) is 11.0. The van der Waals surface area contributed by atoms with Crippen LogP contribution in [0.1, 0.15) is 11.1 Å². The Bertz CT molecular complexity index is 908. The van der Waals surface area contributed by atoms with Crippen molar-refractivity contribution in [2.45, 2.75) is 18.6 Å². The van der Waals surface area contributed by atoms with E-state index in [1.165, 1.54) is 17.3 Å². The van der Waals surface area contributed by atoms with Crippen molar-refractivity contribution >= 4 is 38.6 Å². The van der Waals surface area contributed by atoms with Crippen LogP contribution in [0, 0.1) is 6.92 Å². The van der Waals surface area contributed by atoms with Crippen LogP contribution >= 0.6 is 27.7 Å². The van der Waals surface area contributed by atoms with Crippen molar-refractivity contribution in [3.05, 3.63) is 62.6 Å². The second-order valence-corrected chi connectivity index (χ2v) is 6.65. The Morgan fingerprint density at radius 3 is 2.91 bits per heavy atom. The van der Waals surface area contributed by atoms with Gasteiger partial charge in [-0.05, 0) is 34.7 Å². The number of hydrogen-bond donors (Lipinski definition) is 0. The van der Waals surface area contributed by atoms with Crippen LogP contribution in [0.2, 0.25) is 0 Å². The molecule has 3 aromatic rings. The summed E-state index contributed by atoms with van der Waals surface area (Å²) in [4.78, 5) is 21.2. The van der Waals surface area contributed by atoms with E-state index in [1.807, 2.05) is 31.4 Å². The van der Waals surface area contributed by atoms with Crippen molar-refractivity contribution < 1.29 is 0 Å². The summed E-state index contributed by atoms with van der Waals surface area (Å²) in [6.45, 7) is 2.57. The largest absolute Gasteiger partial charge is 0.309 e. The number of aryl methyl sites for hydroxylation is 1. The van der Waals surface area contributed by atoms with E-state index in [4.69, 9.17) is 0 Å². The molecule has 0 radical (unpaired) electrons. The first-order chi connectivity index (χ1) is 10.6. The van der Waals surface area contributed by atoms with Gasteiger partial charge in [0.15, 0.2) is 5.16 Å². The van der Waals surface area contributed by atoms with Crippen molar-refractivity contribution in [3.63, 3.8) is 0 Å². The van der Waals surface area contributed by atoms with E-state index < -0.39 is 0 Å². The summed E-state index contributed by atoms with van der Waals surface area (Å²) >= 11 is 4.97. The fraction of sp³-hybridized carbons (Fsp3) is 0.188. The molecular weight excluding hydrogens is 362 g/mol. The Balaban J connectivity index is 2.12. The van der Waals surface area contributed by atoms with Crippen molar-refractivity contribution in [2.24, 2.45) is 0 Å². The minimum absolute atomic E-state index is 0.0765. The van der Waals surface area contributed by atoms with Crippen LogP contribution in [-0.2, 0) is 6.54 Å². The number of aromatic nitrogens is 3. The zero-order valence-electron chi connectivity index (χ0n) is 12.2. The van der Waals surface area contributed by atoms with E-state index in [1.54, 1.807) is 17.0 Å². The zero-order valence-corrected chi connectivity index (χ0v) is 14.6. The maximum absolute atomic E-state index is 12.6. The van der Waals surface area contributed by atoms with Crippen molar-refractivity contribution in [1.29, 1.82) is 0 Å². The molecule has 0 saturated heterocycles. The molecule has 0 N–H and O–H groups in total. The predicted octanol–water partition coefficient (Wildman–Crippen LogP) is 3.63. The quantitative estimate of drug-likeness (QED) is 0.517. The van der Waals surface area contributed by atoms with Crippen LogP contribution in [0.4, 0.5) is 0 Å². The lowest BCUT2D eigenvalue weighted by Crippen LogP contribution is -2.21. The average Bonchev–Trinajstić information content (AvgIpc) is 2.52. The highest BCUT2D eigenvalue weighted by Gasteiger charge is 2.10. The van der Waals surface area contributed by atoms with Crippen LogP contribution in [0.25, 0.3) is 10.9 Å². The molecule has 0 fully saturated rings. The lowest BCUT2D eigenvalue weighted by Gasteiger charge is -2.10. The van der Waals surface area contributed by atoms with Gasteiger partial charge in [0, 0.05) is 12.4 Å². The fourth-order valence-corrected chi connectivity index (χ4v) is 3.23. The summed E-state index contributed by atoms with van der Waals surface area (Å²) in [7, 11) is 0. The van der Waals surface area contributed by atoms with Crippen LogP contribution in [0.15, 0.2) is 51.1 Å². The number of fused-ring (bicyclic) bond motifs is 1. The van der Waals surface area contributed by atoms with Crippen molar-refractivity contribution in [1.82, 2.24) is 14.5 Å². The van der Waals surface area contributed by atoms with E-state index in [9.17, 15) is 4.79 Å². The molecule has 4 nitrogen and oxygen atoms in total. The maximum Gasteiger partial charge on any atom is 0.261 e. The monoisotopic (exact) mass is 375 g/mol. The van der Waals surface area contributed by atoms with E-state index in [0.717, 1.165) is 10.0 Å². The van der Waals surface area contributed by atoms with Crippen molar-refractivity contribution in [3.8, 4) is 0 Å².